The summed E-state index contributed by atoms with van der Waals surface area (Å²) in [5.74, 6) is 3.21. The van der Waals surface area contributed by atoms with E-state index >= 15 is 0 Å². The van der Waals surface area contributed by atoms with Crippen molar-refractivity contribution < 1.29 is 9.53 Å². The van der Waals surface area contributed by atoms with Gasteiger partial charge in [0.15, 0.2) is 0 Å². The molecule has 3 rings (SSSR count). The van der Waals surface area contributed by atoms with Crippen LogP contribution in [0.3, 0.4) is 0 Å². The minimum absolute atomic E-state index is 0.0189. The first-order valence-electron chi connectivity index (χ1n) is 8.22. The second-order valence-corrected chi connectivity index (χ2v) is 6.88. The average Bonchev–Trinajstić information content (AvgIpc) is 2.95. The third-order valence-corrected chi connectivity index (χ3v) is 5.15. The number of hydrogen-bond donors (Lipinski definition) is 1. The Morgan fingerprint density at radius 1 is 1.43 bits per heavy atom. The molecule has 1 N–H and O–H groups in total. The predicted molar refractivity (Wildman–Crippen MR) is 94.0 cm³/mol. The molecule has 2 aromatic rings. The zero-order chi connectivity index (χ0) is 16.1. The van der Waals surface area contributed by atoms with Gasteiger partial charge in [0.1, 0.15) is 12.4 Å². The van der Waals surface area contributed by atoms with E-state index in [9.17, 15) is 4.79 Å². The van der Waals surface area contributed by atoms with Crippen molar-refractivity contribution in [2.24, 2.45) is 0 Å². The van der Waals surface area contributed by atoms with Crippen LogP contribution in [-0.2, 0) is 17.9 Å². The van der Waals surface area contributed by atoms with Crippen LogP contribution in [0.1, 0.15) is 35.9 Å². The molecular formula is C17H23N3O2S. The van der Waals surface area contributed by atoms with E-state index < -0.39 is 0 Å². The summed E-state index contributed by atoms with van der Waals surface area (Å²) in [6, 6.07) is 5.75. The Bertz CT molecular complexity index is 684. The smallest absolute Gasteiger partial charge is 0.251 e. The molecular weight excluding hydrogens is 310 g/mol. The van der Waals surface area contributed by atoms with Crippen molar-refractivity contribution in [1.29, 1.82) is 0 Å². The van der Waals surface area contributed by atoms with E-state index in [1.54, 1.807) is 0 Å². The van der Waals surface area contributed by atoms with Crippen LogP contribution < -0.4 is 5.32 Å². The summed E-state index contributed by atoms with van der Waals surface area (Å²) in [4.78, 5) is 16.8. The van der Waals surface area contributed by atoms with Gasteiger partial charge in [0, 0.05) is 18.7 Å². The molecule has 0 saturated carbocycles. The van der Waals surface area contributed by atoms with E-state index in [-0.39, 0.29) is 5.91 Å². The second kappa shape index (κ2) is 7.84. The molecule has 0 unspecified atom stereocenters. The van der Waals surface area contributed by atoms with Crippen LogP contribution in [0.15, 0.2) is 18.2 Å². The lowest BCUT2D eigenvalue weighted by Crippen LogP contribution is -2.24. The van der Waals surface area contributed by atoms with Gasteiger partial charge in [-0.2, -0.15) is 11.8 Å². The van der Waals surface area contributed by atoms with Crippen molar-refractivity contribution in [2.45, 2.75) is 32.9 Å². The third kappa shape index (κ3) is 3.87. The molecule has 0 radical (unpaired) electrons. The molecule has 0 spiro atoms. The molecule has 6 heteroatoms. The maximum atomic E-state index is 12.2. The summed E-state index contributed by atoms with van der Waals surface area (Å²) in [6.07, 6.45) is 2.21. The largest absolute Gasteiger partial charge is 0.372 e. The van der Waals surface area contributed by atoms with Crippen molar-refractivity contribution >= 4 is 28.7 Å². The van der Waals surface area contributed by atoms with Gasteiger partial charge in [-0.25, -0.2) is 4.98 Å². The Balaban J connectivity index is 1.60. The van der Waals surface area contributed by atoms with Crippen LogP contribution in [0.4, 0.5) is 0 Å². The lowest BCUT2D eigenvalue weighted by molar-refractivity contribution is 0.0830. The lowest BCUT2D eigenvalue weighted by atomic mass is 10.2. The van der Waals surface area contributed by atoms with Crippen LogP contribution in [0, 0.1) is 0 Å². The average molecular weight is 333 g/mol. The van der Waals surface area contributed by atoms with Crippen molar-refractivity contribution in [3.05, 3.63) is 29.6 Å². The van der Waals surface area contributed by atoms with Crippen molar-refractivity contribution in [3.63, 3.8) is 0 Å². The van der Waals surface area contributed by atoms with Gasteiger partial charge in [-0.3, -0.25) is 4.79 Å². The fraction of sp³-hybridized carbons (Fsp3) is 0.529. The number of hydrogen-bond acceptors (Lipinski definition) is 4. The van der Waals surface area contributed by atoms with Gasteiger partial charge in [-0.05, 0) is 42.5 Å². The van der Waals surface area contributed by atoms with Gasteiger partial charge in [0.25, 0.3) is 5.91 Å². The van der Waals surface area contributed by atoms with Gasteiger partial charge in [-0.1, -0.05) is 6.92 Å². The lowest BCUT2D eigenvalue weighted by Gasteiger charge is -2.14. The molecule has 124 valence electrons. The van der Waals surface area contributed by atoms with Gasteiger partial charge < -0.3 is 14.6 Å². The Morgan fingerprint density at radius 2 is 2.35 bits per heavy atom. The SMILES string of the molecule is CCCSCCCNC(=O)c1ccc2c(c1)nc1n2CCOC1. The van der Waals surface area contributed by atoms with E-state index in [1.807, 2.05) is 30.0 Å². The van der Waals surface area contributed by atoms with Gasteiger partial charge >= 0.3 is 0 Å². The van der Waals surface area contributed by atoms with E-state index in [4.69, 9.17) is 4.74 Å². The highest BCUT2D eigenvalue weighted by Gasteiger charge is 2.16. The number of ether oxygens (including phenoxy) is 1. The first kappa shape index (κ1) is 16.3. The zero-order valence-electron chi connectivity index (χ0n) is 13.5. The number of thioether (sulfide) groups is 1. The molecule has 0 saturated heterocycles. The number of benzene rings is 1. The highest BCUT2D eigenvalue weighted by Crippen LogP contribution is 2.20. The number of imidazole rings is 1. The van der Waals surface area contributed by atoms with E-state index in [2.05, 4.69) is 21.8 Å². The molecule has 0 atom stereocenters. The summed E-state index contributed by atoms with van der Waals surface area (Å²) in [7, 11) is 0. The summed E-state index contributed by atoms with van der Waals surface area (Å²) >= 11 is 1.94. The number of carbonyl (C=O) groups is 1. The van der Waals surface area contributed by atoms with Crippen LogP contribution in [0.25, 0.3) is 11.0 Å². The number of fused-ring (bicyclic) bond motifs is 3. The Kier molecular flexibility index (Phi) is 5.56. The highest BCUT2D eigenvalue weighted by atomic mass is 32.2. The molecule has 5 nitrogen and oxygen atoms in total. The fourth-order valence-electron chi connectivity index (χ4n) is 2.72. The molecule has 0 fully saturated rings. The summed E-state index contributed by atoms with van der Waals surface area (Å²) in [6.45, 7) is 5.00. The van der Waals surface area contributed by atoms with Crippen molar-refractivity contribution in [1.82, 2.24) is 14.9 Å². The van der Waals surface area contributed by atoms with Crippen LogP contribution in [0.2, 0.25) is 0 Å². The molecule has 23 heavy (non-hydrogen) atoms. The summed E-state index contributed by atoms with van der Waals surface area (Å²) < 4.78 is 7.60. The van der Waals surface area contributed by atoms with Crippen molar-refractivity contribution in [2.75, 3.05) is 24.7 Å². The predicted octanol–water partition coefficient (Wildman–Crippen LogP) is 2.83. The first-order chi connectivity index (χ1) is 11.3. The molecule has 2 heterocycles. The van der Waals surface area contributed by atoms with Gasteiger partial charge in [0.05, 0.1) is 17.6 Å². The van der Waals surface area contributed by atoms with Gasteiger partial charge in [-0.15, -0.1) is 0 Å². The maximum absolute atomic E-state index is 12.2. The van der Waals surface area contributed by atoms with Crippen LogP contribution in [-0.4, -0.2) is 40.1 Å². The van der Waals surface area contributed by atoms with Crippen LogP contribution >= 0.6 is 11.8 Å². The number of rotatable bonds is 7. The van der Waals surface area contributed by atoms with E-state index in [1.165, 1.54) is 12.2 Å². The highest BCUT2D eigenvalue weighted by molar-refractivity contribution is 7.99. The standard InChI is InChI=1S/C17H23N3O2S/c1-2-9-23-10-3-6-18-17(21)13-4-5-15-14(11-13)19-16-12-22-8-7-20(15)16/h4-5,11H,2-3,6-10,12H2,1H3,(H,18,21). The minimum atomic E-state index is -0.0189. The number of amides is 1. The first-order valence-corrected chi connectivity index (χ1v) is 9.38. The van der Waals surface area contributed by atoms with E-state index in [0.29, 0.717) is 12.2 Å². The molecule has 1 aliphatic heterocycles. The molecule has 1 aliphatic rings. The molecule has 0 bridgehead atoms. The Labute approximate surface area is 140 Å². The van der Waals surface area contributed by atoms with Crippen LogP contribution in [0.5, 0.6) is 0 Å². The van der Waals surface area contributed by atoms with Gasteiger partial charge in [0.2, 0.25) is 0 Å². The Hall–Kier alpha value is -1.53. The molecule has 1 aromatic heterocycles. The topological polar surface area (TPSA) is 56.2 Å². The zero-order valence-corrected chi connectivity index (χ0v) is 14.3. The summed E-state index contributed by atoms with van der Waals surface area (Å²) in [5, 5.41) is 2.99. The number of aromatic nitrogens is 2. The maximum Gasteiger partial charge on any atom is 0.251 e. The number of nitrogens with zero attached hydrogens (tertiary/aromatic N) is 2. The van der Waals surface area contributed by atoms with Crippen molar-refractivity contribution in [3.8, 4) is 0 Å². The monoisotopic (exact) mass is 333 g/mol. The molecule has 1 amide bonds. The Morgan fingerprint density at radius 3 is 3.22 bits per heavy atom. The molecule has 0 aliphatic carbocycles. The molecule has 1 aromatic carbocycles. The van der Waals surface area contributed by atoms with E-state index in [0.717, 1.165) is 48.7 Å². The fourth-order valence-corrected chi connectivity index (χ4v) is 3.57. The number of nitrogens with one attached hydrogen (secondary N) is 1. The summed E-state index contributed by atoms with van der Waals surface area (Å²) in [5.41, 5.74) is 2.63. The second-order valence-electron chi connectivity index (χ2n) is 5.66. The number of carbonyl (C=O) groups excluding carboxylic acids is 1. The quantitative estimate of drug-likeness (QED) is 0.792. The normalized spacial score (nSPS) is 14.0. The third-order valence-electron chi connectivity index (χ3n) is 3.88. The minimum Gasteiger partial charge on any atom is -0.372 e.